The van der Waals surface area contributed by atoms with Crippen LogP contribution in [0.4, 0.5) is 11.8 Å². The van der Waals surface area contributed by atoms with E-state index in [4.69, 9.17) is 16.7 Å². The molecule has 0 amide bonds. The summed E-state index contributed by atoms with van der Waals surface area (Å²) in [6.45, 7) is 5.00. The standard InChI is InChI=1S/C13H21ClN4O/c1-2-5-15-13-16-8-11(14)12(17-13)18-6-3-10(9-19)4-7-18/h8,10,19H,2-7,9H2,1H3,(H,15,16,17). The Morgan fingerprint density at radius 2 is 2.21 bits per heavy atom. The van der Waals surface area contributed by atoms with E-state index in [2.05, 4.69) is 27.1 Å². The molecule has 1 aliphatic rings. The van der Waals surface area contributed by atoms with Crippen LogP contribution in [-0.2, 0) is 0 Å². The molecule has 0 spiro atoms. The smallest absolute Gasteiger partial charge is 0.224 e. The van der Waals surface area contributed by atoms with Crippen LogP contribution in [0.3, 0.4) is 0 Å². The highest BCUT2D eigenvalue weighted by Gasteiger charge is 2.21. The van der Waals surface area contributed by atoms with Crippen molar-refractivity contribution in [1.29, 1.82) is 0 Å². The van der Waals surface area contributed by atoms with Crippen LogP contribution in [0.2, 0.25) is 5.02 Å². The van der Waals surface area contributed by atoms with Gasteiger partial charge in [0.2, 0.25) is 5.95 Å². The maximum Gasteiger partial charge on any atom is 0.224 e. The molecule has 1 aromatic rings. The predicted octanol–water partition coefficient (Wildman–Crippen LogP) is 2.16. The molecular weight excluding hydrogens is 264 g/mol. The molecule has 1 fully saturated rings. The number of nitrogens with zero attached hydrogens (tertiary/aromatic N) is 3. The fourth-order valence-corrected chi connectivity index (χ4v) is 2.44. The molecule has 2 rings (SSSR count). The average Bonchev–Trinajstić information content (AvgIpc) is 2.46. The predicted molar refractivity (Wildman–Crippen MR) is 77.8 cm³/mol. The molecule has 2 N–H and O–H groups in total. The van der Waals surface area contributed by atoms with Gasteiger partial charge in [-0.25, -0.2) is 4.98 Å². The van der Waals surface area contributed by atoms with Crippen LogP contribution >= 0.6 is 11.6 Å². The molecule has 6 heteroatoms. The van der Waals surface area contributed by atoms with Crippen molar-refractivity contribution in [3.63, 3.8) is 0 Å². The van der Waals surface area contributed by atoms with Gasteiger partial charge in [0.15, 0.2) is 5.82 Å². The van der Waals surface area contributed by atoms with Gasteiger partial charge in [0.25, 0.3) is 0 Å². The van der Waals surface area contributed by atoms with Crippen LogP contribution in [0.15, 0.2) is 6.20 Å². The highest BCUT2D eigenvalue weighted by Crippen LogP contribution is 2.28. The number of halogens is 1. The van der Waals surface area contributed by atoms with E-state index in [1.165, 1.54) is 0 Å². The summed E-state index contributed by atoms with van der Waals surface area (Å²) in [5.74, 6) is 1.84. The van der Waals surface area contributed by atoms with E-state index in [9.17, 15) is 0 Å². The summed E-state index contributed by atoms with van der Waals surface area (Å²) in [7, 11) is 0. The maximum absolute atomic E-state index is 9.16. The third-order valence-electron chi connectivity index (χ3n) is 3.43. The largest absolute Gasteiger partial charge is 0.396 e. The van der Waals surface area contributed by atoms with E-state index in [0.29, 0.717) is 16.9 Å². The molecule has 1 aliphatic heterocycles. The van der Waals surface area contributed by atoms with Crippen LogP contribution in [-0.4, -0.2) is 41.3 Å². The number of anilines is 2. The van der Waals surface area contributed by atoms with Gasteiger partial charge in [0.05, 0.1) is 6.20 Å². The molecule has 1 aromatic heterocycles. The zero-order chi connectivity index (χ0) is 13.7. The lowest BCUT2D eigenvalue weighted by Crippen LogP contribution is -2.35. The zero-order valence-corrected chi connectivity index (χ0v) is 12.0. The molecule has 0 bridgehead atoms. The number of aliphatic hydroxyl groups excluding tert-OH is 1. The monoisotopic (exact) mass is 284 g/mol. The van der Waals surface area contributed by atoms with Crippen LogP contribution in [0, 0.1) is 5.92 Å². The summed E-state index contributed by atoms with van der Waals surface area (Å²) in [6, 6.07) is 0. The molecule has 2 heterocycles. The lowest BCUT2D eigenvalue weighted by molar-refractivity contribution is 0.203. The van der Waals surface area contributed by atoms with Crippen molar-refractivity contribution < 1.29 is 5.11 Å². The van der Waals surface area contributed by atoms with Crippen LogP contribution in [0.5, 0.6) is 0 Å². The fourth-order valence-electron chi connectivity index (χ4n) is 2.23. The third kappa shape index (κ3) is 3.70. The molecule has 19 heavy (non-hydrogen) atoms. The summed E-state index contributed by atoms with van der Waals surface area (Å²) in [5, 5.41) is 12.9. The normalized spacial score (nSPS) is 16.7. The van der Waals surface area contributed by atoms with Gasteiger partial charge in [-0.3, -0.25) is 0 Å². The highest BCUT2D eigenvalue weighted by molar-refractivity contribution is 6.32. The topological polar surface area (TPSA) is 61.3 Å². The molecule has 0 aliphatic carbocycles. The second-order valence-corrected chi connectivity index (χ2v) is 5.31. The molecule has 106 valence electrons. The van der Waals surface area contributed by atoms with Crippen molar-refractivity contribution in [2.45, 2.75) is 26.2 Å². The molecule has 0 unspecified atom stereocenters. The van der Waals surface area contributed by atoms with Gasteiger partial charge in [0, 0.05) is 26.2 Å². The van der Waals surface area contributed by atoms with E-state index in [1.807, 2.05) is 0 Å². The van der Waals surface area contributed by atoms with Crippen molar-refractivity contribution in [3.8, 4) is 0 Å². The van der Waals surface area contributed by atoms with Crippen molar-refractivity contribution >= 4 is 23.4 Å². The fraction of sp³-hybridized carbons (Fsp3) is 0.692. The number of hydrogen-bond donors (Lipinski definition) is 2. The minimum Gasteiger partial charge on any atom is -0.396 e. The Kier molecular flexibility index (Phi) is 5.22. The first kappa shape index (κ1) is 14.3. The van der Waals surface area contributed by atoms with Crippen LogP contribution in [0.25, 0.3) is 0 Å². The van der Waals surface area contributed by atoms with E-state index < -0.39 is 0 Å². The first-order valence-corrected chi connectivity index (χ1v) is 7.24. The van der Waals surface area contributed by atoms with Gasteiger partial charge in [-0.15, -0.1) is 0 Å². The average molecular weight is 285 g/mol. The van der Waals surface area contributed by atoms with Gasteiger partial charge in [-0.2, -0.15) is 4.98 Å². The van der Waals surface area contributed by atoms with Crippen molar-refractivity contribution in [1.82, 2.24) is 9.97 Å². The Bertz CT molecular complexity index is 408. The molecule has 0 saturated carbocycles. The first-order valence-electron chi connectivity index (χ1n) is 6.86. The van der Waals surface area contributed by atoms with E-state index in [-0.39, 0.29) is 6.61 Å². The second-order valence-electron chi connectivity index (χ2n) is 4.90. The maximum atomic E-state index is 9.16. The quantitative estimate of drug-likeness (QED) is 0.868. The Labute approximate surface area is 119 Å². The zero-order valence-electron chi connectivity index (χ0n) is 11.3. The molecule has 0 atom stereocenters. The Balaban J connectivity index is 2.06. The molecule has 0 radical (unpaired) electrons. The number of hydrogen-bond acceptors (Lipinski definition) is 5. The third-order valence-corrected chi connectivity index (χ3v) is 3.70. The van der Waals surface area contributed by atoms with E-state index >= 15 is 0 Å². The minimum absolute atomic E-state index is 0.272. The highest BCUT2D eigenvalue weighted by atomic mass is 35.5. The summed E-state index contributed by atoms with van der Waals surface area (Å²) in [6.07, 6.45) is 4.65. The van der Waals surface area contributed by atoms with Crippen LogP contribution in [0.1, 0.15) is 26.2 Å². The number of nitrogens with one attached hydrogen (secondary N) is 1. The summed E-state index contributed by atoms with van der Waals surface area (Å²) in [5.41, 5.74) is 0. The van der Waals surface area contributed by atoms with E-state index in [1.54, 1.807) is 6.20 Å². The van der Waals surface area contributed by atoms with Gasteiger partial charge in [0.1, 0.15) is 5.02 Å². The van der Waals surface area contributed by atoms with Crippen LogP contribution < -0.4 is 10.2 Å². The number of aliphatic hydroxyl groups is 1. The number of aromatic nitrogens is 2. The Morgan fingerprint density at radius 1 is 1.47 bits per heavy atom. The lowest BCUT2D eigenvalue weighted by Gasteiger charge is -2.32. The molecular formula is C13H21ClN4O. The second kappa shape index (κ2) is 6.91. The molecule has 1 saturated heterocycles. The Morgan fingerprint density at radius 3 is 2.84 bits per heavy atom. The van der Waals surface area contributed by atoms with E-state index in [0.717, 1.165) is 44.7 Å². The van der Waals surface area contributed by atoms with Gasteiger partial charge in [-0.05, 0) is 25.2 Å². The summed E-state index contributed by atoms with van der Waals surface area (Å²) < 4.78 is 0. The minimum atomic E-state index is 0.272. The van der Waals surface area contributed by atoms with Gasteiger partial charge in [-0.1, -0.05) is 18.5 Å². The molecule has 0 aromatic carbocycles. The number of piperidine rings is 1. The van der Waals surface area contributed by atoms with Crippen molar-refractivity contribution in [3.05, 3.63) is 11.2 Å². The van der Waals surface area contributed by atoms with Gasteiger partial charge < -0.3 is 15.3 Å². The first-order chi connectivity index (χ1) is 9.24. The van der Waals surface area contributed by atoms with Gasteiger partial charge >= 0.3 is 0 Å². The lowest BCUT2D eigenvalue weighted by atomic mass is 9.98. The summed E-state index contributed by atoms with van der Waals surface area (Å²) in [4.78, 5) is 10.8. The SMILES string of the molecule is CCCNc1ncc(Cl)c(N2CCC(CO)CC2)n1. The van der Waals surface area contributed by atoms with Crippen molar-refractivity contribution in [2.24, 2.45) is 5.92 Å². The molecule has 5 nitrogen and oxygen atoms in total. The van der Waals surface area contributed by atoms with Crippen molar-refractivity contribution in [2.75, 3.05) is 36.5 Å². The summed E-state index contributed by atoms with van der Waals surface area (Å²) >= 11 is 6.19. The Hall–Kier alpha value is -1.07. The number of rotatable bonds is 5.